The summed E-state index contributed by atoms with van der Waals surface area (Å²) in [5.74, 6) is 0. The van der Waals surface area contributed by atoms with Gasteiger partial charge in [-0.1, -0.05) is 30.3 Å². The highest BCUT2D eigenvalue weighted by Crippen LogP contribution is 2.26. The number of hydrogen-bond donors (Lipinski definition) is 2. The molecule has 2 aromatic rings. The van der Waals surface area contributed by atoms with Crippen LogP contribution in [0, 0.1) is 0 Å². The minimum atomic E-state index is -3.60. The van der Waals surface area contributed by atoms with Crippen LogP contribution in [0.1, 0.15) is 18.1 Å². The van der Waals surface area contributed by atoms with Crippen LogP contribution in [0.15, 0.2) is 52.9 Å². The molecular formula is C15H15N3O2S. The van der Waals surface area contributed by atoms with E-state index >= 15 is 0 Å². The molecule has 1 aliphatic rings. The fourth-order valence-electron chi connectivity index (χ4n) is 2.23. The van der Waals surface area contributed by atoms with Crippen molar-refractivity contribution >= 4 is 27.3 Å². The molecule has 0 aliphatic carbocycles. The van der Waals surface area contributed by atoms with Crippen LogP contribution in [0.5, 0.6) is 0 Å². The van der Waals surface area contributed by atoms with E-state index in [-0.39, 0.29) is 0 Å². The van der Waals surface area contributed by atoms with Gasteiger partial charge in [-0.3, -0.25) is 4.72 Å². The molecule has 5 nitrogen and oxygen atoms in total. The predicted octanol–water partition coefficient (Wildman–Crippen LogP) is 2.78. The molecule has 0 saturated heterocycles. The van der Waals surface area contributed by atoms with Crippen LogP contribution in [0.3, 0.4) is 0 Å². The largest absolute Gasteiger partial charge is 0.381 e. The van der Waals surface area contributed by atoms with Crippen molar-refractivity contribution in [3.05, 3.63) is 59.7 Å². The highest BCUT2D eigenvalue weighted by molar-refractivity contribution is 7.91. The van der Waals surface area contributed by atoms with Gasteiger partial charge in [-0.2, -0.15) is 8.42 Å². The van der Waals surface area contributed by atoms with E-state index in [1.807, 2.05) is 42.5 Å². The molecule has 0 radical (unpaired) electrons. The molecule has 0 unspecified atom stereocenters. The van der Waals surface area contributed by atoms with Gasteiger partial charge in [-0.05, 0) is 30.7 Å². The summed E-state index contributed by atoms with van der Waals surface area (Å²) in [5.41, 5.74) is 3.96. The third-order valence-electron chi connectivity index (χ3n) is 3.24. The third-order valence-corrected chi connectivity index (χ3v) is 4.24. The van der Waals surface area contributed by atoms with Gasteiger partial charge in [0.25, 0.3) is 0 Å². The van der Waals surface area contributed by atoms with Crippen molar-refractivity contribution in [1.82, 2.24) is 0 Å². The second kappa shape index (κ2) is 5.21. The van der Waals surface area contributed by atoms with Crippen molar-refractivity contribution in [3.63, 3.8) is 0 Å². The smallest absolute Gasteiger partial charge is 0.342 e. The Bertz CT molecular complexity index is 799. The molecule has 1 heterocycles. The van der Waals surface area contributed by atoms with Gasteiger partial charge in [0, 0.05) is 17.8 Å². The molecule has 2 aromatic carbocycles. The number of benzene rings is 2. The minimum Gasteiger partial charge on any atom is -0.381 e. The topological polar surface area (TPSA) is 70.6 Å². The number of anilines is 2. The zero-order valence-electron chi connectivity index (χ0n) is 11.5. The average Bonchev–Trinajstić information content (AvgIpc) is 2.45. The summed E-state index contributed by atoms with van der Waals surface area (Å²) in [6, 6.07) is 15.6. The maximum atomic E-state index is 11.5. The highest BCUT2D eigenvalue weighted by atomic mass is 32.2. The van der Waals surface area contributed by atoms with Gasteiger partial charge in [0.15, 0.2) is 0 Å². The van der Waals surface area contributed by atoms with E-state index < -0.39 is 10.2 Å². The normalized spacial score (nSPS) is 15.6. The van der Waals surface area contributed by atoms with Gasteiger partial charge in [-0.25, -0.2) is 0 Å². The van der Waals surface area contributed by atoms with Crippen LogP contribution in [-0.4, -0.2) is 14.1 Å². The number of rotatable bonds is 3. The Kier molecular flexibility index (Phi) is 3.39. The molecule has 0 aromatic heterocycles. The zero-order chi connectivity index (χ0) is 14.9. The molecule has 0 spiro atoms. The minimum absolute atomic E-state index is 0.493. The van der Waals surface area contributed by atoms with Crippen molar-refractivity contribution in [2.75, 3.05) is 10.0 Å². The second-order valence-electron chi connectivity index (χ2n) is 4.85. The summed E-state index contributed by atoms with van der Waals surface area (Å²) in [6.07, 6.45) is 0. The second-order valence-corrected chi connectivity index (χ2v) is 6.19. The summed E-state index contributed by atoms with van der Waals surface area (Å²) in [5, 5.41) is 3.32. The van der Waals surface area contributed by atoms with Crippen LogP contribution in [0.4, 0.5) is 11.4 Å². The van der Waals surface area contributed by atoms with Gasteiger partial charge >= 0.3 is 10.2 Å². The lowest BCUT2D eigenvalue weighted by Gasteiger charge is -2.17. The highest BCUT2D eigenvalue weighted by Gasteiger charge is 2.20. The fraction of sp³-hybridized carbons (Fsp3) is 0.133. The first-order chi connectivity index (χ1) is 10.0. The SMILES string of the molecule is CC1=NS(=O)(=O)Nc2ccc(NCc3ccccc3)cc21. The monoisotopic (exact) mass is 301 g/mol. The van der Waals surface area contributed by atoms with Gasteiger partial charge in [0.2, 0.25) is 0 Å². The van der Waals surface area contributed by atoms with Crippen LogP contribution in [0.25, 0.3) is 0 Å². The lowest BCUT2D eigenvalue weighted by atomic mass is 10.1. The summed E-state index contributed by atoms with van der Waals surface area (Å²) in [7, 11) is -3.60. The Morgan fingerprint density at radius 1 is 1.14 bits per heavy atom. The van der Waals surface area contributed by atoms with Gasteiger partial charge in [-0.15, -0.1) is 4.40 Å². The molecule has 0 saturated carbocycles. The number of hydrogen-bond acceptors (Lipinski definition) is 3. The summed E-state index contributed by atoms with van der Waals surface area (Å²) < 4.78 is 29.1. The van der Waals surface area contributed by atoms with E-state index in [9.17, 15) is 8.42 Å². The maximum absolute atomic E-state index is 11.5. The molecule has 1 aliphatic heterocycles. The van der Waals surface area contributed by atoms with E-state index in [0.717, 1.165) is 11.3 Å². The van der Waals surface area contributed by atoms with Crippen molar-refractivity contribution in [1.29, 1.82) is 0 Å². The Morgan fingerprint density at radius 3 is 2.67 bits per heavy atom. The Hall–Kier alpha value is -2.34. The summed E-state index contributed by atoms with van der Waals surface area (Å²) in [4.78, 5) is 0. The summed E-state index contributed by atoms with van der Waals surface area (Å²) in [6.45, 7) is 2.40. The van der Waals surface area contributed by atoms with Gasteiger partial charge < -0.3 is 5.32 Å². The third kappa shape index (κ3) is 3.05. The molecule has 0 bridgehead atoms. The molecule has 2 N–H and O–H groups in total. The van der Waals surface area contributed by atoms with Gasteiger partial charge in [0.1, 0.15) is 0 Å². The molecule has 6 heteroatoms. The maximum Gasteiger partial charge on any atom is 0.342 e. The lowest BCUT2D eigenvalue weighted by molar-refractivity contribution is 0.602. The van der Waals surface area contributed by atoms with Gasteiger partial charge in [0.05, 0.1) is 11.4 Å². The fourth-order valence-corrected chi connectivity index (χ4v) is 3.19. The first-order valence-corrected chi connectivity index (χ1v) is 7.99. The predicted molar refractivity (Wildman–Crippen MR) is 85.0 cm³/mol. The van der Waals surface area contributed by atoms with Crippen molar-refractivity contribution < 1.29 is 8.42 Å². The first kappa shape index (κ1) is 13.6. The quantitative estimate of drug-likeness (QED) is 0.915. The Labute approximate surface area is 123 Å². The molecule has 0 amide bonds. The number of nitrogens with zero attached hydrogens (tertiary/aromatic N) is 1. The van der Waals surface area contributed by atoms with E-state index in [0.29, 0.717) is 17.9 Å². The average molecular weight is 301 g/mol. The van der Waals surface area contributed by atoms with Crippen molar-refractivity contribution in [3.8, 4) is 0 Å². The molecule has 0 atom stereocenters. The van der Waals surface area contributed by atoms with E-state index in [1.54, 1.807) is 13.0 Å². The zero-order valence-corrected chi connectivity index (χ0v) is 12.3. The van der Waals surface area contributed by atoms with Crippen molar-refractivity contribution in [2.24, 2.45) is 4.40 Å². The van der Waals surface area contributed by atoms with Crippen LogP contribution < -0.4 is 10.0 Å². The molecule has 108 valence electrons. The summed E-state index contributed by atoms with van der Waals surface area (Å²) >= 11 is 0. The van der Waals surface area contributed by atoms with Crippen molar-refractivity contribution in [2.45, 2.75) is 13.5 Å². The van der Waals surface area contributed by atoms with Crippen LogP contribution >= 0.6 is 0 Å². The standard InChI is InChI=1S/C15H15N3O2S/c1-11-14-9-13(16-10-12-5-3-2-4-6-12)7-8-15(14)18-21(19,20)17-11/h2-9,16,18H,10H2,1H3. The molecule has 3 rings (SSSR count). The van der Waals surface area contributed by atoms with E-state index in [2.05, 4.69) is 14.4 Å². The lowest BCUT2D eigenvalue weighted by Crippen LogP contribution is -2.19. The Balaban J connectivity index is 1.82. The van der Waals surface area contributed by atoms with Crippen LogP contribution in [-0.2, 0) is 16.8 Å². The van der Waals surface area contributed by atoms with E-state index in [1.165, 1.54) is 5.56 Å². The van der Waals surface area contributed by atoms with Crippen LogP contribution in [0.2, 0.25) is 0 Å². The number of fused-ring (bicyclic) bond motifs is 1. The molecule has 21 heavy (non-hydrogen) atoms. The Morgan fingerprint density at radius 2 is 1.90 bits per heavy atom. The first-order valence-electron chi connectivity index (χ1n) is 6.55. The molecule has 0 fully saturated rings. The number of nitrogens with one attached hydrogen (secondary N) is 2. The van der Waals surface area contributed by atoms with E-state index in [4.69, 9.17) is 0 Å². The molecular weight excluding hydrogens is 286 g/mol.